The van der Waals surface area contributed by atoms with E-state index in [4.69, 9.17) is 4.74 Å². The molecule has 0 atom stereocenters. The van der Waals surface area contributed by atoms with Gasteiger partial charge in [0.15, 0.2) is 0 Å². The fraction of sp³-hybridized carbons (Fsp3) is 0.346. The van der Waals surface area contributed by atoms with Gasteiger partial charge in [-0.15, -0.1) is 0 Å². The molecule has 3 aliphatic heterocycles. The third-order valence-electron chi connectivity index (χ3n) is 7.87. The number of rotatable bonds is 4. The van der Waals surface area contributed by atoms with E-state index in [0.717, 1.165) is 47.9 Å². The molecule has 2 aromatic carbocycles. The maximum absolute atomic E-state index is 13.9. The van der Waals surface area contributed by atoms with Crippen molar-refractivity contribution in [1.82, 2.24) is 9.88 Å². The average molecular weight is 543 g/mol. The number of carbonyl (C=O) groups excluding carboxylic acids is 2. The zero-order chi connectivity index (χ0) is 24.1. The molecule has 6 rings (SSSR count). The molecule has 0 unspecified atom stereocenters. The molecular formula is C26H28BrN2O4P. The van der Waals surface area contributed by atoms with Gasteiger partial charge in [-0.3, -0.25) is 0 Å². The molecule has 0 radical (unpaired) electrons. The van der Waals surface area contributed by atoms with Gasteiger partial charge >= 0.3 is 207 Å². The average Bonchev–Trinajstić information content (AvgIpc) is 2.85. The van der Waals surface area contributed by atoms with Gasteiger partial charge in [0.1, 0.15) is 0 Å². The van der Waals surface area contributed by atoms with Crippen LogP contribution in [0.2, 0.25) is 0 Å². The van der Waals surface area contributed by atoms with Crippen molar-refractivity contribution in [2.45, 2.75) is 31.7 Å². The molecule has 4 heterocycles. The first-order valence-corrected chi connectivity index (χ1v) is 15.0. The molecule has 6 nitrogen and oxygen atoms in total. The van der Waals surface area contributed by atoms with Gasteiger partial charge < -0.3 is 0 Å². The number of ether oxygens (including phenoxy) is 1. The van der Waals surface area contributed by atoms with Crippen LogP contribution in [0.3, 0.4) is 0 Å². The van der Waals surface area contributed by atoms with Crippen molar-refractivity contribution in [1.29, 1.82) is 0 Å². The van der Waals surface area contributed by atoms with Crippen molar-refractivity contribution in [2.75, 3.05) is 25.6 Å². The standard InChI is InChI=1S/C26H28BrN2O4P/c1-17-22(23(30)28-26-10-13-34(14-11-26,15-12-26)25(32)33-2)21-16-18(27)8-9-20(21)24(31)29(17)19-6-4-3-5-7-19/h3-9,16,34H,10-15H2,1-2H3,(H,28,30). The van der Waals surface area contributed by atoms with E-state index < -0.39 is 7.26 Å². The Labute approximate surface area is 207 Å². The molecule has 1 N–H and O–H groups in total. The van der Waals surface area contributed by atoms with Gasteiger partial charge in [-0.2, -0.15) is 0 Å². The molecule has 1 amide bonds. The molecule has 0 saturated carbocycles. The maximum atomic E-state index is 13.9. The van der Waals surface area contributed by atoms with Gasteiger partial charge in [-0.05, 0) is 0 Å². The van der Waals surface area contributed by atoms with Crippen molar-refractivity contribution in [3.63, 3.8) is 0 Å². The third kappa shape index (κ3) is 3.70. The summed E-state index contributed by atoms with van der Waals surface area (Å²) in [4.78, 5) is 39.8. The Hall–Kier alpha value is -2.50. The monoisotopic (exact) mass is 542 g/mol. The van der Waals surface area contributed by atoms with Crippen LogP contribution in [0.5, 0.6) is 0 Å². The Bertz CT molecular complexity index is 1340. The molecule has 3 aliphatic rings. The van der Waals surface area contributed by atoms with Crippen molar-refractivity contribution in [3.8, 4) is 5.69 Å². The Balaban J connectivity index is 1.58. The summed E-state index contributed by atoms with van der Waals surface area (Å²) in [5, 5.41) is 4.51. The summed E-state index contributed by atoms with van der Waals surface area (Å²) in [5.74, 6) is -0.167. The van der Waals surface area contributed by atoms with Crippen LogP contribution in [0, 0.1) is 6.92 Å². The number of pyridine rings is 1. The van der Waals surface area contributed by atoms with Gasteiger partial charge in [0.2, 0.25) is 0 Å². The van der Waals surface area contributed by atoms with Crippen molar-refractivity contribution >= 4 is 45.6 Å². The van der Waals surface area contributed by atoms with Crippen LogP contribution >= 0.6 is 23.2 Å². The predicted molar refractivity (Wildman–Crippen MR) is 141 cm³/mol. The Morgan fingerprint density at radius 2 is 1.68 bits per heavy atom. The van der Waals surface area contributed by atoms with E-state index in [1.165, 1.54) is 7.11 Å². The summed E-state index contributed by atoms with van der Waals surface area (Å²) in [6.07, 6.45) is 4.98. The SMILES string of the molecule is COC(=O)[PH]12CCC(NC(=O)c3c(C)n(-c4ccccc4)c(=O)c4ccc(Br)cc34)(CC1)CC2. The quantitative estimate of drug-likeness (QED) is 0.457. The number of nitrogens with one attached hydrogen (secondary N) is 1. The fourth-order valence-electron chi connectivity index (χ4n) is 5.86. The first-order valence-electron chi connectivity index (χ1n) is 11.6. The second-order valence-electron chi connectivity index (χ2n) is 9.63. The molecule has 2 bridgehead atoms. The number of benzene rings is 2. The van der Waals surface area contributed by atoms with Crippen LogP contribution in [0.1, 0.15) is 35.3 Å². The minimum absolute atomic E-state index is 0.00810. The van der Waals surface area contributed by atoms with Crippen molar-refractivity contribution < 1.29 is 14.3 Å². The number of amides is 1. The summed E-state index contributed by atoms with van der Waals surface area (Å²) in [6.45, 7) is 1.83. The van der Waals surface area contributed by atoms with Crippen LogP contribution in [-0.2, 0) is 4.74 Å². The van der Waals surface area contributed by atoms with Crippen LogP contribution in [0.25, 0.3) is 16.5 Å². The van der Waals surface area contributed by atoms with Gasteiger partial charge in [0, 0.05) is 0 Å². The normalized spacial score (nSPS) is 21.7. The zero-order valence-electron chi connectivity index (χ0n) is 19.3. The van der Waals surface area contributed by atoms with Crippen LogP contribution in [-0.4, -0.2) is 47.3 Å². The zero-order valence-corrected chi connectivity index (χ0v) is 21.9. The first-order chi connectivity index (χ1) is 16.3. The number of carbonyl (C=O) groups is 2. The van der Waals surface area contributed by atoms with E-state index in [9.17, 15) is 14.4 Å². The predicted octanol–water partition coefficient (Wildman–Crippen LogP) is 5.24. The third-order valence-corrected chi connectivity index (χ3v) is 13.1. The molecule has 8 heteroatoms. The van der Waals surface area contributed by atoms with Crippen LogP contribution < -0.4 is 10.9 Å². The second-order valence-corrected chi connectivity index (χ2v) is 15.0. The van der Waals surface area contributed by atoms with Crippen molar-refractivity contribution in [3.05, 3.63) is 74.6 Å². The van der Waals surface area contributed by atoms with E-state index >= 15 is 0 Å². The number of halogens is 1. The topological polar surface area (TPSA) is 77.4 Å². The molecule has 3 aromatic rings. The molecule has 0 spiro atoms. The number of hydrogen-bond acceptors (Lipinski definition) is 4. The number of para-hydroxylation sites is 1. The number of aromatic nitrogens is 1. The van der Waals surface area contributed by atoms with Gasteiger partial charge in [-0.25, -0.2) is 0 Å². The van der Waals surface area contributed by atoms with E-state index in [0.29, 0.717) is 22.0 Å². The Morgan fingerprint density at radius 1 is 1.03 bits per heavy atom. The number of fused-ring (bicyclic) bond motifs is 4. The van der Waals surface area contributed by atoms with Gasteiger partial charge in [0.05, 0.1) is 0 Å². The summed E-state index contributed by atoms with van der Waals surface area (Å²) >= 11 is 3.50. The fourth-order valence-corrected chi connectivity index (χ4v) is 10.9. The molecule has 0 aliphatic carbocycles. The van der Waals surface area contributed by atoms with E-state index in [1.54, 1.807) is 10.6 Å². The van der Waals surface area contributed by atoms with Gasteiger partial charge in [0.25, 0.3) is 0 Å². The molecule has 34 heavy (non-hydrogen) atoms. The van der Waals surface area contributed by atoms with Crippen LogP contribution in [0.15, 0.2) is 57.8 Å². The molecule has 1 aromatic heterocycles. The summed E-state index contributed by atoms with van der Waals surface area (Å²) in [7, 11) is -0.576. The summed E-state index contributed by atoms with van der Waals surface area (Å²) < 4.78 is 7.57. The van der Waals surface area contributed by atoms with E-state index in [1.807, 2.05) is 49.4 Å². The Kier molecular flexibility index (Phi) is 5.89. The second kappa shape index (κ2) is 8.62. The van der Waals surface area contributed by atoms with E-state index in [2.05, 4.69) is 21.2 Å². The van der Waals surface area contributed by atoms with Crippen molar-refractivity contribution in [2.24, 2.45) is 0 Å². The minimum atomic E-state index is -2.06. The van der Waals surface area contributed by atoms with Crippen LogP contribution in [0.4, 0.5) is 4.79 Å². The summed E-state index contributed by atoms with van der Waals surface area (Å²) in [5.41, 5.74) is 1.41. The first kappa shape index (κ1) is 23.3. The number of nitrogens with zero attached hydrogens (tertiary/aromatic N) is 1. The van der Waals surface area contributed by atoms with Gasteiger partial charge in [-0.1, -0.05) is 0 Å². The molecule has 178 valence electrons. The number of methoxy groups -OCH3 is 1. The Morgan fingerprint density at radius 3 is 2.29 bits per heavy atom. The molecule has 3 fully saturated rings. The number of hydrogen-bond donors (Lipinski definition) is 1. The van der Waals surface area contributed by atoms with E-state index in [-0.39, 0.29) is 22.7 Å². The molecular weight excluding hydrogens is 515 g/mol. The summed E-state index contributed by atoms with van der Waals surface area (Å²) in [6, 6.07) is 14.9. The molecule has 3 saturated heterocycles.